The number of nitrogens with one attached hydrogen (secondary N) is 2. The largest absolute Gasteiger partial charge is 0.358 e. The van der Waals surface area contributed by atoms with Gasteiger partial charge >= 0.3 is 0 Å². The summed E-state index contributed by atoms with van der Waals surface area (Å²) in [5.41, 5.74) is 3.44. The third kappa shape index (κ3) is 2.36. The van der Waals surface area contributed by atoms with Crippen LogP contribution in [0.5, 0.6) is 0 Å². The Hall–Kier alpha value is -3.02. The smallest absolute Gasteiger partial charge is 0.253 e. The van der Waals surface area contributed by atoms with Gasteiger partial charge < -0.3 is 10.3 Å². The molecule has 2 N–H and O–H groups in total. The molecule has 1 aromatic carbocycles. The van der Waals surface area contributed by atoms with Crippen LogP contribution in [0, 0.1) is 11.6 Å². The monoisotopic (exact) mass is 325 g/mol. The number of carbonyl (C=O) groups is 1. The average Bonchev–Trinajstić information content (AvgIpc) is 3.03. The quantitative estimate of drug-likeness (QED) is 0.759. The number of hydrogen-bond acceptors (Lipinski definition) is 2. The molecular weight excluding hydrogens is 312 g/mol. The van der Waals surface area contributed by atoms with E-state index in [1.165, 1.54) is 18.3 Å². The average molecular weight is 325 g/mol. The van der Waals surface area contributed by atoms with E-state index in [1.807, 2.05) is 0 Å². The molecule has 24 heavy (non-hydrogen) atoms. The van der Waals surface area contributed by atoms with E-state index in [-0.39, 0.29) is 11.5 Å². The fraction of sp³-hybridized carbons (Fsp3) is 0.111. The zero-order valence-corrected chi connectivity index (χ0v) is 12.6. The van der Waals surface area contributed by atoms with Crippen LogP contribution in [-0.2, 0) is 6.42 Å². The van der Waals surface area contributed by atoms with E-state index in [0.29, 0.717) is 17.8 Å². The van der Waals surface area contributed by atoms with Gasteiger partial charge in [-0.25, -0.2) is 8.78 Å². The Labute approximate surface area is 136 Å². The van der Waals surface area contributed by atoms with Gasteiger partial charge in [-0.15, -0.1) is 0 Å². The predicted molar refractivity (Wildman–Crippen MR) is 85.4 cm³/mol. The van der Waals surface area contributed by atoms with Gasteiger partial charge in [0.15, 0.2) is 11.6 Å². The van der Waals surface area contributed by atoms with Crippen molar-refractivity contribution in [3.05, 3.63) is 65.5 Å². The molecular formula is C18H13F2N3O. The number of aromatic nitrogens is 2. The molecule has 3 aromatic rings. The number of hydrogen-bond donors (Lipinski definition) is 2. The van der Waals surface area contributed by atoms with Crippen molar-refractivity contribution in [3.63, 3.8) is 0 Å². The number of carbonyl (C=O) groups excluding carboxylic acids is 1. The normalized spacial score (nSPS) is 13.5. The molecule has 0 atom stereocenters. The molecule has 0 bridgehead atoms. The van der Waals surface area contributed by atoms with Crippen molar-refractivity contribution in [1.82, 2.24) is 15.3 Å². The maximum absolute atomic E-state index is 14.0. The number of pyridine rings is 1. The second-order valence-corrected chi connectivity index (χ2v) is 5.61. The first-order valence-electron chi connectivity index (χ1n) is 7.54. The van der Waals surface area contributed by atoms with Crippen molar-refractivity contribution in [3.8, 4) is 22.5 Å². The van der Waals surface area contributed by atoms with E-state index in [1.54, 1.807) is 18.2 Å². The molecule has 120 valence electrons. The molecule has 3 heterocycles. The highest BCUT2D eigenvalue weighted by atomic mass is 19.2. The third-order valence-corrected chi connectivity index (χ3v) is 4.10. The van der Waals surface area contributed by atoms with Crippen molar-refractivity contribution in [2.24, 2.45) is 0 Å². The van der Waals surface area contributed by atoms with Crippen LogP contribution in [0.1, 0.15) is 16.1 Å². The highest BCUT2D eigenvalue weighted by Crippen LogP contribution is 2.28. The number of rotatable bonds is 2. The lowest BCUT2D eigenvalue weighted by molar-refractivity contribution is 0.0946. The zero-order valence-electron chi connectivity index (χ0n) is 12.6. The summed E-state index contributed by atoms with van der Waals surface area (Å²) in [6.07, 6.45) is 2.27. The van der Waals surface area contributed by atoms with E-state index in [0.717, 1.165) is 29.4 Å². The molecule has 4 nitrogen and oxygen atoms in total. The van der Waals surface area contributed by atoms with Gasteiger partial charge in [0.25, 0.3) is 5.91 Å². The van der Waals surface area contributed by atoms with E-state index < -0.39 is 11.6 Å². The fourth-order valence-corrected chi connectivity index (χ4v) is 2.90. The lowest BCUT2D eigenvalue weighted by atomic mass is 10.1. The first kappa shape index (κ1) is 14.6. The summed E-state index contributed by atoms with van der Waals surface area (Å²) in [6.45, 7) is 0.599. The van der Waals surface area contributed by atoms with Gasteiger partial charge in [0.05, 0.1) is 11.3 Å². The number of aromatic amines is 1. The summed E-state index contributed by atoms with van der Waals surface area (Å²) in [5, 5.41) is 2.79. The van der Waals surface area contributed by atoms with E-state index in [9.17, 15) is 13.6 Å². The van der Waals surface area contributed by atoms with Crippen LogP contribution < -0.4 is 5.32 Å². The molecule has 0 aliphatic carbocycles. The molecule has 0 saturated heterocycles. The topological polar surface area (TPSA) is 57.8 Å². The highest BCUT2D eigenvalue weighted by Gasteiger charge is 2.20. The van der Waals surface area contributed by atoms with Crippen molar-refractivity contribution in [1.29, 1.82) is 0 Å². The van der Waals surface area contributed by atoms with Crippen LogP contribution >= 0.6 is 0 Å². The third-order valence-electron chi connectivity index (χ3n) is 4.10. The molecule has 1 amide bonds. The molecule has 0 radical (unpaired) electrons. The summed E-state index contributed by atoms with van der Waals surface area (Å²) >= 11 is 0. The summed E-state index contributed by atoms with van der Waals surface area (Å²) in [5.74, 6) is -1.94. The first-order chi connectivity index (χ1) is 11.6. The van der Waals surface area contributed by atoms with E-state index in [2.05, 4.69) is 15.3 Å². The summed E-state index contributed by atoms with van der Waals surface area (Å²) < 4.78 is 27.4. The minimum Gasteiger partial charge on any atom is -0.358 e. The van der Waals surface area contributed by atoms with Crippen LogP contribution in [0.25, 0.3) is 22.5 Å². The van der Waals surface area contributed by atoms with Crippen LogP contribution in [0.2, 0.25) is 0 Å². The summed E-state index contributed by atoms with van der Waals surface area (Å²) in [7, 11) is 0. The van der Waals surface area contributed by atoms with Gasteiger partial charge in [-0.05, 0) is 30.3 Å². The van der Waals surface area contributed by atoms with Crippen LogP contribution in [0.4, 0.5) is 8.78 Å². The van der Waals surface area contributed by atoms with Gasteiger partial charge in [0.1, 0.15) is 0 Å². The summed E-state index contributed by atoms with van der Waals surface area (Å²) in [6, 6.07) is 9.20. The lowest BCUT2D eigenvalue weighted by Gasteiger charge is -2.11. The summed E-state index contributed by atoms with van der Waals surface area (Å²) in [4.78, 5) is 19.2. The number of benzene rings is 1. The Kier molecular flexibility index (Phi) is 3.37. The predicted octanol–water partition coefficient (Wildman–Crippen LogP) is 3.31. The molecule has 1 aliphatic rings. The lowest BCUT2D eigenvalue weighted by Crippen LogP contribution is -2.31. The van der Waals surface area contributed by atoms with Gasteiger partial charge in [-0.2, -0.15) is 0 Å². The van der Waals surface area contributed by atoms with E-state index >= 15 is 0 Å². The van der Waals surface area contributed by atoms with Gasteiger partial charge in [-0.3, -0.25) is 9.78 Å². The number of amides is 1. The van der Waals surface area contributed by atoms with Gasteiger partial charge in [-0.1, -0.05) is 6.07 Å². The van der Waals surface area contributed by atoms with Gasteiger partial charge in [0.2, 0.25) is 0 Å². The number of nitrogens with zero attached hydrogens (tertiary/aromatic N) is 1. The maximum Gasteiger partial charge on any atom is 0.253 e. The second kappa shape index (κ2) is 5.56. The second-order valence-electron chi connectivity index (χ2n) is 5.61. The maximum atomic E-state index is 14.0. The minimum absolute atomic E-state index is 0.103. The fourth-order valence-electron chi connectivity index (χ4n) is 2.90. The zero-order chi connectivity index (χ0) is 16.7. The molecule has 0 spiro atoms. The minimum atomic E-state index is -0.924. The number of H-pyrrole nitrogens is 1. The number of fused-ring (bicyclic) bond motifs is 1. The molecule has 4 rings (SSSR count). The van der Waals surface area contributed by atoms with Crippen molar-refractivity contribution in [2.45, 2.75) is 6.42 Å². The Bertz CT molecular complexity index is 949. The van der Waals surface area contributed by atoms with Crippen LogP contribution in [-0.4, -0.2) is 22.4 Å². The van der Waals surface area contributed by atoms with Gasteiger partial charge in [0, 0.05) is 41.7 Å². The van der Waals surface area contributed by atoms with Crippen molar-refractivity contribution < 1.29 is 13.6 Å². The molecule has 6 heteroatoms. The molecule has 0 fully saturated rings. The highest BCUT2D eigenvalue weighted by molar-refractivity contribution is 5.97. The first-order valence-corrected chi connectivity index (χ1v) is 7.54. The molecule has 0 saturated carbocycles. The standard InChI is InChI=1S/C18H13F2N3O/c19-13-3-1-2-11(17(13)20)16-8-10(4-6-21-16)15-9-12-14(23-15)5-7-22-18(12)24/h1-4,6,8-9,23H,5,7H2,(H,22,24). The Morgan fingerprint density at radius 2 is 1.96 bits per heavy atom. The SMILES string of the molecule is O=C1NCCc2[nH]c(-c3ccnc(-c4cccc(F)c4F)c3)cc21. The molecule has 0 unspecified atom stereocenters. The Morgan fingerprint density at radius 1 is 1.08 bits per heavy atom. The van der Waals surface area contributed by atoms with E-state index in [4.69, 9.17) is 0 Å². The van der Waals surface area contributed by atoms with Crippen LogP contribution in [0.3, 0.4) is 0 Å². The Morgan fingerprint density at radius 3 is 2.79 bits per heavy atom. The Balaban J connectivity index is 1.78. The number of halogens is 2. The van der Waals surface area contributed by atoms with Crippen molar-refractivity contribution in [2.75, 3.05) is 6.54 Å². The van der Waals surface area contributed by atoms with Crippen LogP contribution in [0.15, 0.2) is 42.6 Å². The molecule has 2 aromatic heterocycles. The molecule has 1 aliphatic heterocycles. The van der Waals surface area contributed by atoms with Crippen molar-refractivity contribution >= 4 is 5.91 Å².